The number of anilines is 1. The number of carbonyl (C=O) groups is 1. The van der Waals surface area contributed by atoms with Gasteiger partial charge in [-0.2, -0.15) is 5.10 Å². The summed E-state index contributed by atoms with van der Waals surface area (Å²) < 4.78 is 1.69. The van der Waals surface area contributed by atoms with E-state index in [1.54, 1.807) is 24.3 Å². The SMILES string of the molecule is CNC(=O)c1c(-n2ccc(C)n2)cnc2c(CCNc3cc(-c4ccc(C)nc4)ncn3)cccc12. The molecule has 0 spiro atoms. The molecule has 0 radical (unpaired) electrons. The summed E-state index contributed by atoms with van der Waals surface area (Å²) in [4.78, 5) is 30.7. The molecule has 4 heterocycles. The molecule has 0 unspecified atom stereocenters. The van der Waals surface area contributed by atoms with E-state index in [0.717, 1.165) is 44.9 Å². The second-order valence-corrected chi connectivity index (χ2v) is 8.47. The van der Waals surface area contributed by atoms with Crippen molar-refractivity contribution in [2.24, 2.45) is 0 Å². The quantitative estimate of drug-likeness (QED) is 0.365. The molecule has 0 bridgehead atoms. The fourth-order valence-electron chi connectivity index (χ4n) is 4.12. The Morgan fingerprint density at radius 2 is 1.86 bits per heavy atom. The Balaban J connectivity index is 1.40. The molecule has 0 aliphatic carbocycles. The van der Waals surface area contributed by atoms with Crippen molar-refractivity contribution < 1.29 is 4.79 Å². The number of fused-ring (bicyclic) bond motifs is 1. The molecule has 9 nitrogen and oxygen atoms in total. The van der Waals surface area contributed by atoms with Gasteiger partial charge in [0.05, 0.1) is 34.4 Å². The van der Waals surface area contributed by atoms with Gasteiger partial charge in [-0.3, -0.25) is 14.8 Å². The first-order chi connectivity index (χ1) is 17.5. The molecule has 4 aromatic heterocycles. The Morgan fingerprint density at radius 1 is 0.972 bits per heavy atom. The van der Waals surface area contributed by atoms with Crippen LogP contribution in [-0.2, 0) is 6.42 Å². The average Bonchev–Trinajstić information content (AvgIpc) is 3.34. The van der Waals surface area contributed by atoms with E-state index in [9.17, 15) is 4.79 Å². The molecule has 0 saturated carbocycles. The number of nitrogens with one attached hydrogen (secondary N) is 2. The van der Waals surface area contributed by atoms with Crippen molar-refractivity contribution in [3.63, 3.8) is 0 Å². The summed E-state index contributed by atoms with van der Waals surface area (Å²) in [6, 6.07) is 13.7. The maximum atomic E-state index is 12.9. The number of nitrogens with zero attached hydrogens (tertiary/aromatic N) is 6. The summed E-state index contributed by atoms with van der Waals surface area (Å²) in [5.41, 5.74) is 6.59. The van der Waals surface area contributed by atoms with Crippen LogP contribution >= 0.6 is 0 Å². The first kappa shape index (κ1) is 23.1. The maximum Gasteiger partial charge on any atom is 0.253 e. The zero-order valence-electron chi connectivity index (χ0n) is 20.4. The molecule has 5 aromatic rings. The summed E-state index contributed by atoms with van der Waals surface area (Å²) in [5.74, 6) is 0.552. The van der Waals surface area contributed by atoms with Gasteiger partial charge in [-0.05, 0) is 44.0 Å². The molecular formula is C27H26N8O. The van der Waals surface area contributed by atoms with Crippen molar-refractivity contribution in [3.05, 3.63) is 89.9 Å². The summed E-state index contributed by atoms with van der Waals surface area (Å²) in [6.45, 7) is 4.50. The zero-order valence-corrected chi connectivity index (χ0v) is 20.4. The highest BCUT2D eigenvalue weighted by molar-refractivity contribution is 6.09. The molecule has 0 aliphatic rings. The largest absolute Gasteiger partial charge is 0.370 e. The molecule has 1 amide bonds. The minimum atomic E-state index is -0.181. The summed E-state index contributed by atoms with van der Waals surface area (Å²) in [7, 11) is 1.63. The Morgan fingerprint density at radius 3 is 2.61 bits per heavy atom. The zero-order chi connectivity index (χ0) is 25.1. The minimum absolute atomic E-state index is 0.181. The number of hydrogen-bond acceptors (Lipinski definition) is 7. The van der Waals surface area contributed by atoms with E-state index < -0.39 is 0 Å². The van der Waals surface area contributed by atoms with E-state index in [2.05, 4.69) is 30.7 Å². The Kier molecular flexibility index (Phi) is 6.36. The smallest absolute Gasteiger partial charge is 0.253 e. The number of carbonyl (C=O) groups excluding carboxylic acids is 1. The van der Waals surface area contributed by atoms with E-state index >= 15 is 0 Å². The van der Waals surface area contributed by atoms with E-state index in [4.69, 9.17) is 4.98 Å². The van der Waals surface area contributed by atoms with Crippen LogP contribution < -0.4 is 10.6 Å². The molecule has 9 heteroatoms. The maximum absolute atomic E-state index is 12.9. The Bertz CT molecular complexity index is 1540. The molecule has 1 aromatic carbocycles. The van der Waals surface area contributed by atoms with Crippen LogP contribution in [0.4, 0.5) is 5.82 Å². The highest BCUT2D eigenvalue weighted by Gasteiger charge is 2.19. The summed E-state index contributed by atoms with van der Waals surface area (Å²) in [6.07, 6.45) is 7.60. The normalized spacial score (nSPS) is 11.0. The lowest BCUT2D eigenvalue weighted by molar-refractivity contribution is 0.0964. The molecule has 180 valence electrons. The van der Waals surface area contributed by atoms with Gasteiger partial charge in [0.25, 0.3) is 5.91 Å². The van der Waals surface area contributed by atoms with E-state index in [0.29, 0.717) is 24.2 Å². The second-order valence-electron chi connectivity index (χ2n) is 8.47. The second kappa shape index (κ2) is 9.91. The first-order valence-corrected chi connectivity index (χ1v) is 11.7. The molecule has 0 saturated heterocycles. The minimum Gasteiger partial charge on any atom is -0.370 e. The monoisotopic (exact) mass is 478 g/mol. The fraction of sp³-hybridized carbons (Fsp3) is 0.185. The first-order valence-electron chi connectivity index (χ1n) is 11.7. The van der Waals surface area contributed by atoms with Crippen LogP contribution in [0.2, 0.25) is 0 Å². The number of aromatic nitrogens is 6. The van der Waals surface area contributed by atoms with Crippen LogP contribution in [-0.4, -0.2) is 49.2 Å². The van der Waals surface area contributed by atoms with Gasteiger partial charge in [-0.15, -0.1) is 0 Å². The van der Waals surface area contributed by atoms with Gasteiger partial charge in [0.1, 0.15) is 12.1 Å². The molecule has 0 aliphatic heterocycles. The number of hydrogen-bond donors (Lipinski definition) is 2. The third-order valence-corrected chi connectivity index (χ3v) is 5.96. The molecular weight excluding hydrogens is 452 g/mol. The third kappa shape index (κ3) is 4.63. The number of aryl methyl sites for hydroxylation is 2. The van der Waals surface area contributed by atoms with E-state index in [-0.39, 0.29) is 5.91 Å². The van der Waals surface area contributed by atoms with Crippen molar-refractivity contribution in [1.82, 2.24) is 35.0 Å². The van der Waals surface area contributed by atoms with Gasteiger partial charge in [0.2, 0.25) is 0 Å². The van der Waals surface area contributed by atoms with Crippen LogP contribution in [0.1, 0.15) is 27.3 Å². The van der Waals surface area contributed by atoms with E-state index in [1.165, 1.54) is 0 Å². The van der Waals surface area contributed by atoms with Crippen molar-refractivity contribution in [2.75, 3.05) is 18.9 Å². The van der Waals surface area contributed by atoms with Crippen LogP contribution in [0, 0.1) is 13.8 Å². The molecule has 0 atom stereocenters. The molecule has 2 N–H and O–H groups in total. The van der Waals surface area contributed by atoms with Crippen LogP contribution in [0.25, 0.3) is 27.8 Å². The van der Waals surface area contributed by atoms with Crippen LogP contribution in [0.3, 0.4) is 0 Å². The van der Waals surface area contributed by atoms with Gasteiger partial charge >= 0.3 is 0 Å². The number of para-hydroxylation sites is 1. The van der Waals surface area contributed by atoms with Gasteiger partial charge in [-0.1, -0.05) is 18.2 Å². The number of benzene rings is 1. The highest BCUT2D eigenvalue weighted by atomic mass is 16.1. The fourth-order valence-corrected chi connectivity index (χ4v) is 4.12. The van der Waals surface area contributed by atoms with Crippen molar-refractivity contribution in [3.8, 4) is 16.9 Å². The number of amides is 1. The van der Waals surface area contributed by atoms with Gasteiger partial charge in [-0.25, -0.2) is 14.6 Å². The van der Waals surface area contributed by atoms with Crippen LogP contribution in [0.5, 0.6) is 0 Å². The predicted octanol–water partition coefficient (Wildman–Crippen LogP) is 3.90. The lowest BCUT2D eigenvalue weighted by Gasteiger charge is -2.14. The van der Waals surface area contributed by atoms with Gasteiger partial charge in [0, 0.05) is 48.7 Å². The Labute approximate surface area is 208 Å². The summed E-state index contributed by atoms with van der Waals surface area (Å²) in [5, 5.41) is 11.4. The van der Waals surface area contributed by atoms with E-state index in [1.807, 2.05) is 68.7 Å². The average molecular weight is 479 g/mol. The third-order valence-electron chi connectivity index (χ3n) is 5.96. The van der Waals surface area contributed by atoms with Gasteiger partial charge < -0.3 is 10.6 Å². The number of rotatable bonds is 7. The van der Waals surface area contributed by atoms with Crippen molar-refractivity contribution >= 4 is 22.6 Å². The Hall–Kier alpha value is -4.66. The standard InChI is InChI=1S/C27H26N8O/c1-17-7-8-20(14-30-17)22-13-24(33-16-32-22)29-11-9-19-5-4-6-21-25(27(36)28-3)23(15-31-26(19)21)35-12-10-18(2)34-35/h4-8,10,12-16H,9,11H2,1-3H3,(H,28,36)(H,29,32,33). The molecule has 36 heavy (non-hydrogen) atoms. The summed E-state index contributed by atoms with van der Waals surface area (Å²) >= 11 is 0. The number of pyridine rings is 2. The van der Waals surface area contributed by atoms with Crippen molar-refractivity contribution in [2.45, 2.75) is 20.3 Å². The highest BCUT2D eigenvalue weighted by Crippen LogP contribution is 2.26. The molecule has 0 fully saturated rings. The lowest BCUT2D eigenvalue weighted by Crippen LogP contribution is -2.21. The van der Waals surface area contributed by atoms with Crippen LogP contribution in [0.15, 0.2) is 67.4 Å². The molecule has 5 rings (SSSR count). The lowest BCUT2D eigenvalue weighted by atomic mass is 10.0. The predicted molar refractivity (Wildman–Crippen MR) is 139 cm³/mol. The topological polar surface area (TPSA) is 111 Å². The van der Waals surface area contributed by atoms with Crippen molar-refractivity contribution in [1.29, 1.82) is 0 Å². The van der Waals surface area contributed by atoms with Gasteiger partial charge in [0.15, 0.2) is 0 Å².